The third-order valence-electron chi connectivity index (χ3n) is 13.8. The molecule has 0 spiro atoms. The Labute approximate surface area is 333 Å². The Bertz CT molecular complexity index is 2500. The molecule has 0 saturated carbocycles. The summed E-state index contributed by atoms with van der Waals surface area (Å²) in [5.41, 5.74) is 15.8. The van der Waals surface area contributed by atoms with Gasteiger partial charge in [0.05, 0.1) is 11.7 Å². The van der Waals surface area contributed by atoms with Gasteiger partial charge in [-0.2, -0.15) is 0 Å². The van der Waals surface area contributed by atoms with E-state index in [0.29, 0.717) is 11.8 Å². The lowest BCUT2D eigenvalue weighted by atomic mass is 9.35. The Morgan fingerprint density at radius 1 is 0.764 bits per heavy atom. The first-order chi connectivity index (χ1) is 26.3. The molecule has 3 aliphatic carbocycles. The molecule has 3 atom stereocenters. The number of hydrogen-bond acceptors (Lipinski definition) is 3. The molecular formula is C51H53BN2S. The number of benzene rings is 4. The summed E-state index contributed by atoms with van der Waals surface area (Å²) in [4.78, 5) is 5.39. The maximum absolute atomic E-state index is 2.75. The summed E-state index contributed by atoms with van der Waals surface area (Å²) in [5.74, 6) is 0.825. The summed E-state index contributed by atoms with van der Waals surface area (Å²) < 4.78 is 2.84. The van der Waals surface area contributed by atoms with Crippen molar-refractivity contribution in [1.29, 1.82) is 0 Å². The minimum absolute atomic E-state index is 0.110. The molecule has 5 aliphatic rings. The molecule has 10 rings (SSSR count). The van der Waals surface area contributed by atoms with Crippen molar-refractivity contribution in [2.24, 2.45) is 17.3 Å². The molecule has 0 fully saturated rings. The third-order valence-corrected chi connectivity index (χ3v) is 15.0. The summed E-state index contributed by atoms with van der Waals surface area (Å²) in [6.07, 6.45) is 18.3. The highest BCUT2D eigenvalue weighted by Gasteiger charge is 2.48. The van der Waals surface area contributed by atoms with Gasteiger partial charge in [0.15, 0.2) is 0 Å². The van der Waals surface area contributed by atoms with Crippen LogP contribution in [-0.2, 0) is 10.8 Å². The second-order valence-electron chi connectivity index (χ2n) is 19.3. The average molecular weight is 737 g/mol. The molecule has 3 heterocycles. The van der Waals surface area contributed by atoms with E-state index in [-0.39, 0.29) is 29.0 Å². The van der Waals surface area contributed by atoms with Crippen molar-refractivity contribution in [3.8, 4) is 0 Å². The highest BCUT2D eigenvalue weighted by molar-refractivity contribution is 7.33. The van der Waals surface area contributed by atoms with E-state index in [4.69, 9.17) is 0 Å². The van der Waals surface area contributed by atoms with Crippen molar-refractivity contribution >= 4 is 72.2 Å². The SMILES string of the molecule is CC1C=C(c2ccccc2)C=CC1N1c2cc3c(cc2B2c4sc5ccccc5c4N(C4=CCC(C(C)(C)C)C=C4)c4cccc1c42)C(C)(C)CCC3(C)C. The zero-order valence-corrected chi connectivity index (χ0v) is 34.6. The summed E-state index contributed by atoms with van der Waals surface area (Å²) in [6, 6.07) is 32.7. The number of nitrogens with zero attached hydrogens (tertiary/aromatic N) is 2. The first-order valence-electron chi connectivity index (χ1n) is 20.6. The van der Waals surface area contributed by atoms with E-state index in [2.05, 4.69) is 187 Å². The lowest BCUT2D eigenvalue weighted by Crippen LogP contribution is -2.63. The van der Waals surface area contributed by atoms with E-state index in [9.17, 15) is 0 Å². The van der Waals surface area contributed by atoms with Gasteiger partial charge in [-0.15, -0.1) is 11.3 Å². The van der Waals surface area contributed by atoms with Gasteiger partial charge >= 0.3 is 0 Å². The standard InChI is InChI=1S/C51H53BN2S/c1-32-29-34(33-15-10-9-11-16-33)21-26-41(32)54-43-19-14-18-42-46(43)52(40-30-38-39(31-44(40)54)51(7,8)28-27-50(38,5)6)48-47(37-17-12-13-20-45(37)55-48)53(42)36-24-22-35(23-25-36)49(2,3)4/h9-22,24-26,29-32,35,41H,23,27-28H2,1-8H3. The van der Waals surface area contributed by atoms with Gasteiger partial charge in [0.2, 0.25) is 0 Å². The van der Waals surface area contributed by atoms with E-state index < -0.39 is 0 Å². The number of hydrogen-bond donors (Lipinski definition) is 0. The normalized spacial score (nSPS) is 23.1. The summed E-state index contributed by atoms with van der Waals surface area (Å²) in [6.45, 7) is 19.6. The molecule has 5 aromatic rings. The van der Waals surface area contributed by atoms with Crippen LogP contribution in [0.2, 0.25) is 0 Å². The van der Waals surface area contributed by atoms with Crippen LogP contribution in [0.15, 0.2) is 127 Å². The number of anilines is 4. The molecule has 2 aliphatic heterocycles. The van der Waals surface area contributed by atoms with Gasteiger partial charge in [-0.3, -0.25) is 0 Å². The number of thiophene rings is 1. The largest absolute Gasteiger partial charge is 0.335 e. The quantitative estimate of drug-likeness (QED) is 0.170. The number of fused-ring (bicyclic) bond motifs is 7. The van der Waals surface area contributed by atoms with Crippen molar-refractivity contribution in [3.63, 3.8) is 0 Å². The van der Waals surface area contributed by atoms with Crippen LogP contribution in [-0.4, -0.2) is 12.8 Å². The first kappa shape index (κ1) is 34.9. The zero-order chi connectivity index (χ0) is 38.0. The van der Waals surface area contributed by atoms with E-state index in [1.54, 1.807) is 0 Å². The Morgan fingerprint density at radius 3 is 2.18 bits per heavy atom. The highest BCUT2D eigenvalue weighted by Crippen LogP contribution is 2.51. The van der Waals surface area contributed by atoms with Gasteiger partial charge in [0.1, 0.15) is 0 Å². The maximum atomic E-state index is 2.75. The monoisotopic (exact) mass is 736 g/mol. The third kappa shape index (κ3) is 5.34. The van der Waals surface area contributed by atoms with Gasteiger partial charge in [-0.1, -0.05) is 146 Å². The number of rotatable bonds is 3. The van der Waals surface area contributed by atoms with Crippen LogP contribution in [0.4, 0.5) is 22.7 Å². The molecule has 0 N–H and O–H groups in total. The fourth-order valence-electron chi connectivity index (χ4n) is 10.4. The highest BCUT2D eigenvalue weighted by atomic mass is 32.1. The predicted molar refractivity (Wildman–Crippen MR) is 240 cm³/mol. The molecule has 3 unspecified atom stereocenters. The lowest BCUT2D eigenvalue weighted by molar-refractivity contribution is 0.293. The van der Waals surface area contributed by atoms with Crippen LogP contribution >= 0.6 is 11.3 Å². The minimum Gasteiger partial charge on any atom is -0.335 e. The fourth-order valence-corrected chi connectivity index (χ4v) is 11.7. The van der Waals surface area contributed by atoms with Crippen molar-refractivity contribution < 1.29 is 0 Å². The summed E-state index contributed by atoms with van der Waals surface area (Å²) >= 11 is 2.01. The van der Waals surface area contributed by atoms with E-state index in [1.807, 2.05) is 11.3 Å². The van der Waals surface area contributed by atoms with Crippen molar-refractivity contribution in [1.82, 2.24) is 0 Å². The Hall–Kier alpha value is -4.54. The van der Waals surface area contributed by atoms with Crippen molar-refractivity contribution in [3.05, 3.63) is 144 Å². The molecular weight excluding hydrogens is 683 g/mol. The molecule has 2 nitrogen and oxygen atoms in total. The average Bonchev–Trinajstić information content (AvgIpc) is 3.56. The van der Waals surface area contributed by atoms with E-state index >= 15 is 0 Å². The predicted octanol–water partition coefficient (Wildman–Crippen LogP) is 11.8. The first-order valence-corrected chi connectivity index (χ1v) is 21.4. The summed E-state index contributed by atoms with van der Waals surface area (Å²) in [5, 5.41) is 1.36. The number of allylic oxidation sites excluding steroid dienone is 5. The van der Waals surface area contributed by atoms with Crippen LogP contribution in [0, 0.1) is 17.3 Å². The second-order valence-corrected chi connectivity index (χ2v) is 20.4. The van der Waals surface area contributed by atoms with Gasteiger partial charge in [-0.25, -0.2) is 0 Å². The van der Waals surface area contributed by atoms with E-state index in [0.717, 1.165) is 6.42 Å². The maximum Gasteiger partial charge on any atom is 0.264 e. The topological polar surface area (TPSA) is 6.48 Å². The molecule has 0 saturated heterocycles. The van der Waals surface area contributed by atoms with Crippen LogP contribution in [0.25, 0.3) is 15.7 Å². The van der Waals surface area contributed by atoms with Crippen molar-refractivity contribution in [2.75, 3.05) is 9.80 Å². The Kier molecular flexibility index (Phi) is 7.77. The summed E-state index contributed by atoms with van der Waals surface area (Å²) in [7, 11) is 0. The molecule has 55 heavy (non-hydrogen) atoms. The lowest BCUT2D eigenvalue weighted by Gasteiger charge is -2.49. The van der Waals surface area contributed by atoms with Crippen LogP contribution in [0.3, 0.4) is 0 Å². The van der Waals surface area contributed by atoms with Crippen molar-refractivity contribution in [2.45, 2.75) is 91.5 Å². The van der Waals surface area contributed by atoms with Gasteiger partial charge < -0.3 is 9.80 Å². The molecule has 276 valence electrons. The van der Waals surface area contributed by atoms with Gasteiger partial charge in [-0.05, 0) is 111 Å². The minimum atomic E-state index is 0.110. The molecule has 0 radical (unpaired) electrons. The molecule has 4 aromatic carbocycles. The fraction of sp³-hybridized carbons (Fsp3) is 0.333. The molecule has 1 aromatic heterocycles. The van der Waals surface area contributed by atoms with Gasteiger partial charge in [0, 0.05) is 37.6 Å². The molecule has 4 heteroatoms. The van der Waals surface area contributed by atoms with Crippen LogP contribution in [0.1, 0.15) is 91.3 Å². The molecule has 0 amide bonds. The smallest absolute Gasteiger partial charge is 0.264 e. The zero-order valence-electron chi connectivity index (χ0n) is 33.8. The Morgan fingerprint density at radius 2 is 1.47 bits per heavy atom. The second kappa shape index (κ2) is 12.2. The Balaban J connectivity index is 1.23. The van der Waals surface area contributed by atoms with Crippen LogP contribution in [0.5, 0.6) is 0 Å². The van der Waals surface area contributed by atoms with Crippen LogP contribution < -0.4 is 25.5 Å². The van der Waals surface area contributed by atoms with E-state index in [1.165, 1.54) is 89.3 Å². The molecule has 0 bridgehead atoms. The van der Waals surface area contributed by atoms with Gasteiger partial charge in [0.25, 0.3) is 6.71 Å².